The number of aryl methyl sites for hydroxylation is 2. The van der Waals surface area contributed by atoms with Crippen LogP contribution < -0.4 is 0 Å². The quantitative estimate of drug-likeness (QED) is 0.233. The van der Waals surface area contributed by atoms with Gasteiger partial charge in [0.25, 0.3) is 0 Å². The summed E-state index contributed by atoms with van der Waals surface area (Å²) in [6.07, 6.45) is 9.33. The molecule has 0 fully saturated rings. The summed E-state index contributed by atoms with van der Waals surface area (Å²) >= 11 is 1.94. The minimum Gasteiger partial charge on any atom is -0.354 e. The van der Waals surface area contributed by atoms with Gasteiger partial charge >= 0.3 is 0 Å². The van der Waals surface area contributed by atoms with Gasteiger partial charge in [0.1, 0.15) is 0 Å². The number of rotatable bonds is 7. The van der Waals surface area contributed by atoms with Crippen molar-refractivity contribution >= 4 is 64.1 Å². The van der Waals surface area contributed by atoms with E-state index < -0.39 is 0 Å². The molecule has 2 aromatic heterocycles. The van der Waals surface area contributed by atoms with Crippen LogP contribution in [0.4, 0.5) is 0 Å². The highest BCUT2D eigenvalue weighted by atomic mass is 32.1. The number of aromatic amines is 1. The maximum absolute atomic E-state index is 3.70. The van der Waals surface area contributed by atoms with Crippen molar-refractivity contribution in [2.45, 2.75) is 58.8 Å². The Labute approximate surface area is 199 Å². The Morgan fingerprint density at radius 3 is 2.24 bits per heavy atom. The van der Waals surface area contributed by atoms with Gasteiger partial charge in [-0.25, -0.2) is 0 Å². The smallest absolute Gasteiger partial charge is 0.0545 e. The molecular formula is C31H31NS. The number of hydrogen-bond acceptors (Lipinski definition) is 1. The number of benzene rings is 4. The first kappa shape index (κ1) is 20.7. The largest absolute Gasteiger partial charge is 0.354 e. The van der Waals surface area contributed by atoms with E-state index in [1.165, 1.54) is 109 Å². The molecule has 2 heterocycles. The molecule has 0 amide bonds. The fourth-order valence-corrected chi connectivity index (χ4v) is 6.65. The Balaban J connectivity index is 1.40. The van der Waals surface area contributed by atoms with Crippen molar-refractivity contribution in [2.75, 3.05) is 0 Å². The number of fused-ring (bicyclic) bond motifs is 9. The maximum Gasteiger partial charge on any atom is 0.0545 e. The highest BCUT2D eigenvalue weighted by Crippen LogP contribution is 2.41. The topological polar surface area (TPSA) is 15.8 Å². The van der Waals surface area contributed by atoms with Crippen LogP contribution in [0.15, 0.2) is 60.7 Å². The lowest BCUT2D eigenvalue weighted by atomic mass is 10.0. The predicted molar refractivity (Wildman–Crippen MR) is 148 cm³/mol. The van der Waals surface area contributed by atoms with E-state index in [1.54, 1.807) is 0 Å². The summed E-state index contributed by atoms with van der Waals surface area (Å²) < 4.78 is 2.81. The van der Waals surface area contributed by atoms with Crippen LogP contribution in [0.5, 0.6) is 0 Å². The molecule has 0 spiro atoms. The fraction of sp³-hybridized carbons (Fsp3) is 0.290. The number of H-pyrrole nitrogens is 1. The van der Waals surface area contributed by atoms with Crippen LogP contribution >= 0.6 is 11.3 Å². The van der Waals surface area contributed by atoms with E-state index >= 15 is 0 Å². The number of nitrogens with one attached hydrogen (secondary N) is 1. The third-order valence-electron chi connectivity index (χ3n) is 7.24. The van der Waals surface area contributed by atoms with Crippen LogP contribution in [-0.2, 0) is 6.42 Å². The summed E-state index contributed by atoms with van der Waals surface area (Å²) in [6.45, 7) is 4.45. The zero-order valence-corrected chi connectivity index (χ0v) is 20.4. The Hall–Kier alpha value is -2.84. The molecule has 1 nitrogen and oxygen atoms in total. The molecule has 0 radical (unpaired) electrons. The van der Waals surface area contributed by atoms with E-state index in [0.29, 0.717) is 0 Å². The van der Waals surface area contributed by atoms with Crippen molar-refractivity contribution in [2.24, 2.45) is 0 Å². The van der Waals surface area contributed by atoms with Crippen LogP contribution in [-0.4, -0.2) is 4.98 Å². The molecule has 0 bridgehead atoms. The lowest BCUT2D eigenvalue weighted by Gasteiger charge is -2.04. The molecule has 2 heteroatoms. The van der Waals surface area contributed by atoms with E-state index in [0.717, 1.165) is 0 Å². The molecule has 166 valence electrons. The van der Waals surface area contributed by atoms with Crippen LogP contribution in [0, 0.1) is 6.92 Å². The first-order valence-electron chi connectivity index (χ1n) is 12.5. The van der Waals surface area contributed by atoms with Crippen molar-refractivity contribution in [1.82, 2.24) is 4.98 Å². The lowest BCUT2D eigenvalue weighted by Crippen LogP contribution is -1.86. The van der Waals surface area contributed by atoms with Crippen molar-refractivity contribution < 1.29 is 0 Å². The Kier molecular flexibility index (Phi) is 5.34. The molecule has 4 aromatic carbocycles. The minimum absolute atomic E-state index is 1.20. The van der Waals surface area contributed by atoms with Gasteiger partial charge in [0.15, 0.2) is 0 Å². The second-order valence-corrected chi connectivity index (χ2v) is 10.7. The van der Waals surface area contributed by atoms with Crippen molar-refractivity contribution in [3.8, 4) is 0 Å². The van der Waals surface area contributed by atoms with Gasteiger partial charge in [-0.2, -0.15) is 0 Å². The second-order valence-electron chi connectivity index (χ2n) is 9.65. The van der Waals surface area contributed by atoms with Crippen LogP contribution in [0.1, 0.15) is 56.6 Å². The van der Waals surface area contributed by atoms with Gasteiger partial charge in [0.2, 0.25) is 0 Å². The molecule has 6 aromatic rings. The number of hydrogen-bond donors (Lipinski definition) is 1. The molecule has 0 aliphatic heterocycles. The second kappa shape index (κ2) is 8.50. The highest BCUT2D eigenvalue weighted by molar-refractivity contribution is 7.26. The van der Waals surface area contributed by atoms with Gasteiger partial charge in [-0.15, -0.1) is 11.3 Å². The Morgan fingerprint density at radius 2 is 1.39 bits per heavy atom. The summed E-state index contributed by atoms with van der Waals surface area (Å²) in [5.74, 6) is 0. The maximum atomic E-state index is 3.70. The molecule has 0 atom stereocenters. The van der Waals surface area contributed by atoms with Gasteiger partial charge in [0, 0.05) is 47.2 Å². The number of thiophene rings is 1. The SMILES string of the molecule is CCCCCCCCc1ccc2sc3c(ccc4c3ccc3c5cc(C)ccc5[nH]c34)c2c1. The number of unbranched alkanes of at least 4 members (excludes halogenated alkanes) is 5. The zero-order valence-electron chi connectivity index (χ0n) is 19.6. The minimum atomic E-state index is 1.20. The number of aromatic nitrogens is 1. The zero-order chi connectivity index (χ0) is 22.4. The standard InChI is InChI=1S/C31H31NS/c1-3-4-5-6-7-8-9-21-11-17-29-27(19-21)25-15-12-22-24(31(25)33-29)14-13-23-26-18-20(2)10-16-28(26)32-30(22)23/h10-19,32H,3-9H2,1-2H3. The third kappa shape index (κ3) is 3.61. The average molecular weight is 450 g/mol. The van der Waals surface area contributed by atoms with E-state index in [1.807, 2.05) is 11.3 Å². The summed E-state index contributed by atoms with van der Waals surface area (Å²) in [6, 6.07) is 23.2. The Bertz CT molecular complexity index is 1610. The van der Waals surface area contributed by atoms with Crippen molar-refractivity contribution in [1.29, 1.82) is 0 Å². The molecule has 0 saturated carbocycles. The van der Waals surface area contributed by atoms with Crippen molar-refractivity contribution in [3.63, 3.8) is 0 Å². The van der Waals surface area contributed by atoms with E-state index in [9.17, 15) is 0 Å². The molecular weight excluding hydrogens is 418 g/mol. The monoisotopic (exact) mass is 449 g/mol. The summed E-state index contributed by atoms with van der Waals surface area (Å²) in [5, 5.41) is 8.16. The first-order valence-corrected chi connectivity index (χ1v) is 13.3. The van der Waals surface area contributed by atoms with Crippen LogP contribution in [0.25, 0.3) is 52.8 Å². The summed E-state index contributed by atoms with van der Waals surface area (Å²) in [7, 11) is 0. The van der Waals surface area contributed by atoms with Crippen molar-refractivity contribution in [3.05, 3.63) is 71.8 Å². The van der Waals surface area contributed by atoms with Gasteiger partial charge in [0.05, 0.1) is 5.52 Å². The van der Waals surface area contributed by atoms with Gasteiger partial charge < -0.3 is 4.98 Å². The Morgan fingerprint density at radius 1 is 0.667 bits per heavy atom. The summed E-state index contributed by atoms with van der Waals surface area (Å²) in [4.78, 5) is 3.70. The highest BCUT2D eigenvalue weighted by Gasteiger charge is 2.13. The summed E-state index contributed by atoms with van der Waals surface area (Å²) in [5.41, 5.74) is 5.27. The van der Waals surface area contributed by atoms with Crippen LogP contribution in [0.2, 0.25) is 0 Å². The molecule has 0 aliphatic rings. The van der Waals surface area contributed by atoms with Crippen LogP contribution in [0.3, 0.4) is 0 Å². The first-order chi connectivity index (χ1) is 16.2. The third-order valence-corrected chi connectivity index (χ3v) is 8.46. The normalized spacial score (nSPS) is 12.2. The van der Waals surface area contributed by atoms with E-state index in [4.69, 9.17) is 0 Å². The average Bonchev–Trinajstić information content (AvgIpc) is 3.39. The predicted octanol–water partition coefficient (Wildman–Crippen LogP) is 10.1. The molecule has 1 N–H and O–H groups in total. The lowest BCUT2D eigenvalue weighted by molar-refractivity contribution is 0.607. The molecule has 6 rings (SSSR count). The molecule has 0 aliphatic carbocycles. The van der Waals surface area contributed by atoms with Gasteiger partial charge in [-0.05, 0) is 49.6 Å². The molecule has 33 heavy (non-hydrogen) atoms. The van der Waals surface area contributed by atoms with Gasteiger partial charge in [-0.3, -0.25) is 0 Å². The van der Waals surface area contributed by atoms with E-state index in [2.05, 4.69) is 79.5 Å². The molecule has 0 unspecified atom stereocenters. The molecule has 0 saturated heterocycles. The fourth-order valence-electron chi connectivity index (χ4n) is 5.44. The van der Waals surface area contributed by atoms with Gasteiger partial charge in [-0.1, -0.05) is 81.0 Å². The van der Waals surface area contributed by atoms with E-state index in [-0.39, 0.29) is 0 Å².